The number of carbonyl (C=O) groups is 1. The van der Waals surface area contributed by atoms with E-state index in [4.69, 9.17) is 0 Å². The molecule has 1 aromatic heterocycles. The van der Waals surface area contributed by atoms with E-state index in [2.05, 4.69) is 20.8 Å². The van der Waals surface area contributed by atoms with Crippen LogP contribution in [0.2, 0.25) is 0 Å². The molecule has 7 heteroatoms. The van der Waals surface area contributed by atoms with Gasteiger partial charge in [-0.1, -0.05) is 13.0 Å². The molecule has 0 bridgehead atoms. The Hall–Kier alpha value is -2.44. The lowest BCUT2D eigenvalue weighted by molar-refractivity contribution is 0.251. The van der Waals surface area contributed by atoms with Crippen LogP contribution in [0.5, 0.6) is 0 Å². The van der Waals surface area contributed by atoms with Gasteiger partial charge in [-0.2, -0.15) is 15.0 Å². The Labute approximate surface area is 122 Å². The highest BCUT2D eigenvalue weighted by Crippen LogP contribution is 2.14. The Bertz CT molecular complexity index is 626. The number of halogens is 1. The summed E-state index contributed by atoms with van der Waals surface area (Å²) in [4.78, 5) is 13.3. The Morgan fingerprint density at radius 1 is 1.38 bits per heavy atom. The molecule has 112 valence electrons. The van der Waals surface area contributed by atoms with Crippen molar-refractivity contribution in [3.63, 3.8) is 0 Å². The number of amides is 2. The van der Waals surface area contributed by atoms with Crippen LogP contribution < -0.4 is 10.6 Å². The van der Waals surface area contributed by atoms with E-state index in [0.717, 1.165) is 0 Å². The second-order valence-electron chi connectivity index (χ2n) is 4.49. The Morgan fingerprint density at radius 2 is 2.19 bits per heavy atom. The van der Waals surface area contributed by atoms with Crippen molar-refractivity contribution < 1.29 is 9.18 Å². The number of hydrogen-bond donors (Lipinski definition) is 2. The van der Waals surface area contributed by atoms with Crippen LogP contribution in [0.3, 0.4) is 0 Å². The van der Waals surface area contributed by atoms with Gasteiger partial charge in [-0.25, -0.2) is 9.18 Å². The van der Waals surface area contributed by atoms with Crippen LogP contribution in [0, 0.1) is 5.82 Å². The molecule has 0 fully saturated rings. The molecule has 2 aromatic rings. The molecule has 0 aliphatic carbocycles. The minimum absolute atomic E-state index is 0.265. The van der Waals surface area contributed by atoms with Gasteiger partial charge >= 0.3 is 6.03 Å². The second kappa shape index (κ2) is 6.83. The van der Waals surface area contributed by atoms with Gasteiger partial charge in [0, 0.05) is 5.69 Å². The molecule has 1 heterocycles. The van der Waals surface area contributed by atoms with E-state index >= 15 is 0 Å². The van der Waals surface area contributed by atoms with Crippen molar-refractivity contribution in [1.82, 2.24) is 20.3 Å². The molecule has 0 unspecified atom stereocenters. The highest BCUT2D eigenvalue weighted by Gasteiger charge is 2.06. The number of aromatic nitrogens is 3. The third-order valence-corrected chi connectivity index (χ3v) is 2.99. The minimum atomic E-state index is -0.412. The van der Waals surface area contributed by atoms with Crippen molar-refractivity contribution >= 4 is 11.7 Å². The third-order valence-electron chi connectivity index (χ3n) is 2.99. The zero-order chi connectivity index (χ0) is 15.2. The lowest BCUT2D eigenvalue weighted by atomic mass is 10.1. The molecule has 2 amide bonds. The first-order valence-electron chi connectivity index (χ1n) is 6.84. The van der Waals surface area contributed by atoms with Gasteiger partial charge in [0.25, 0.3) is 0 Å². The standard InChI is InChI=1S/C14H18FN5O/c1-3-10-5-6-11(7-13(10)15)18-14(21)16-8-12-9-17-20(4-2)19-12/h5-7,9H,3-4,8H2,1-2H3,(H2,16,18,21). The predicted octanol–water partition coefficient (Wildman–Crippen LogP) is 2.32. The normalized spacial score (nSPS) is 10.4. The van der Waals surface area contributed by atoms with Gasteiger partial charge in [0.2, 0.25) is 0 Å². The van der Waals surface area contributed by atoms with Gasteiger partial charge in [0.1, 0.15) is 11.5 Å². The van der Waals surface area contributed by atoms with Crippen molar-refractivity contribution in [3.8, 4) is 0 Å². The smallest absolute Gasteiger partial charge is 0.319 e. The van der Waals surface area contributed by atoms with Crippen LogP contribution in [0.25, 0.3) is 0 Å². The number of nitrogens with one attached hydrogen (secondary N) is 2. The van der Waals surface area contributed by atoms with Crippen molar-refractivity contribution in [3.05, 3.63) is 41.5 Å². The third kappa shape index (κ3) is 4.01. The number of urea groups is 1. The molecule has 0 saturated carbocycles. The van der Waals surface area contributed by atoms with Crippen LogP contribution in [-0.4, -0.2) is 21.0 Å². The number of carbonyl (C=O) groups excluding carboxylic acids is 1. The number of aryl methyl sites for hydroxylation is 2. The molecule has 0 radical (unpaired) electrons. The quantitative estimate of drug-likeness (QED) is 0.888. The maximum atomic E-state index is 13.6. The Balaban J connectivity index is 1.88. The van der Waals surface area contributed by atoms with Gasteiger partial charge in [-0.05, 0) is 31.0 Å². The van der Waals surface area contributed by atoms with E-state index < -0.39 is 6.03 Å². The topological polar surface area (TPSA) is 71.8 Å². The molecule has 6 nitrogen and oxygen atoms in total. The summed E-state index contributed by atoms with van der Waals surface area (Å²) >= 11 is 0. The molecule has 0 saturated heterocycles. The lowest BCUT2D eigenvalue weighted by Crippen LogP contribution is -2.28. The first-order valence-corrected chi connectivity index (χ1v) is 6.84. The van der Waals surface area contributed by atoms with Gasteiger partial charge in [0.05, 0.1) is 19.3 Å². The highest BCUT2D eigenvalue weighted by atomic mass is 19.1. The summed E-state index contributed by atoms with van der Waals surface area (Å²) in [7, 11) is 0. The summed E-state index contributed by atoms with van der Waals surface area (Å²) in [5.74, 6) is -0.318. The second-order valence-corrected chi connectivity index (χ2v) is 4.49. The number of rotatable bonds is 5. The summed E-state index contributed by atoms with van der Waals surface area (Å²) in [5, 5.41) is 13.4. The molecule has 21 heavy (non-hydrogen) atoms. The maximum absolute atomic E-state index is 13.6. The van der Waals surface area contributed by atoms with Gasteiger partial charge in [-0.3, -0.25) is 0 Å². The molecule has 2 rings (SSSR count). The zero-order valence-corrected chi connectivity index (χ0v) is 12.1. The van der Waals surface area contributed by atoms with E-state index in [1.54, 1.807) is 18.3 Å². The first kappa shape index (κ1) is 15.0. The fourth-order valence-electron chi connectivity index (χ4n) is 1.82. The fourth-order valence-corrected chi connectivity index (χ4v) is 1.82. The zero-order valence-electron chi connectivity index (χ0n) is 12.1. The van der Waals surface area contributed by atoms with Gasteiger partial charge in [-0.15, -0.1) is 0 Å². The van der Waals surface area contributed by atoms with Gasteiger partial charge in [0.15, 0.2) is 0 Å². The van der Waals surface area contributed by atoms with E-state index in [-0.39, 0.29) is 12.4 Å². The number of anilines is 1. The molecule has 0 aliphatic heterocycles. The average Bonchev–Trinajstić information content (AvgIpc) is 2.93. The molecule has 0 atom stereocenters. The summed E-state index contributed by atoms with van der Waals surface area (Å²) in [6, 6.07) is 4.24. The van der Waals surface area contributed by atoms with E-state index in [0.29, 0.717) is 29.9 Å². The Morgan fingerprint density at radius 3 is 2.81 bits per heavy atom. The van der Waals surface area contributed by atoms with Crippen LogP contribution in [-0.2, 0) is 19.5 Å². The average molecular weight is 291 g/mol. The maximum Gasteiger partial charge on any atom is 0.319 e. The summed E-state index contributed by atoms with van der Waals surface area (Å²) in [5.41, 5.74) is 1.70. The largest absolute Gasteiger partial charge is 0.332 e. The molecule has 0 spiro atoms. The van der Waals surface area contributed by atoms with Crippen LogP contribution in [0.15, 0.2) is 24.4 Å². The summed E-state index contributed by atoms with van der Waals surface area (Å²) < 4.78 is 13.6. The Kier molecular flexibility index (Phi) is 4.86. The first-order chi connectivity index (χ1) is 10.1. The lowest BCUT2D eigenvalue weighted by Gasteiger charge is -2.08. The predicted molar refractivity (Wildman–Crippen MR) is 77.3 cm³/mol. The van der Waals surface area contributed by atoms with Crippen molar-refractivity contribution in [2.75, 3.05) is 5.32 Å². The SMILES string of the molecule is CCc1ccc(NC(=O)NCc2cnn(CC)n2)cc1F. The summed E-state index contributed by atoms with van der Waals surface area (Å²) in [6.45, 7) is 4.75. The summed E-state index contributed by atoms with van der Waals surface area (Å²) in [6.07, 6.45) is 2.21. The molecule has 0 aliphatic rings. The number of benzene rings is 1. The molecule has 1 aromatic carbocycles. The minimum Gasteiger partial charge on any atom is -0.332 e. The van der Waals surface area contributed by atoms with Crippen molar-refractivity contribution in [2.24, 2.45) is 0 Å². The number of nitrogens with zero attached hydrogens (tertiary/aromatic N) is 3. The van der Waals surface area contributed by atoms with Crippen LogP contribution in [0.1, 0.15) is 25.1 Å². The highest BCUT2D eigenvalue weighted by molar-refractivity contribution is 5.89. The fraction of sp³-hybridized carbons (Fsp3) is 0.357. The van der Waals surface area contributed by atoms with E-state index in [1.807, 2.05) is 13.8 Å². The monoisotopic (exact) mass is 291 g/mol. The van der Waals surface area contributed by atoms with E-state index in [9.17, 15) is 9.18 Å². The van der Waals surface area contributed by atoms with Crippen LogP contribution in [0.4, 0.5) is 14.9 Å². The number of hydrogen-bond acceptors (Lipinski definition) is 3. The van der Waals surface area contributed by atoms with Crippen LogP contribution >= 0.6 is 0 Å². The van der Waals surface area contributed by atoms with E-state index in [1.165, 1.54) is 10.9 Å². The molecular formula is C14H18FN5O. The molecule has 2 N–H and O–H groups in total. The van der Waals surface area contributed by atoms with Crippen molar-refractivity contribution in [2.45, 2.75) is 33.4 Å². The van der Waals surface area contributed by atoms with Gasteiger partial charge < -0.3 is 10.6 Å². The van der Waals surface area contributed by atoms with Crippen molar-refractivity contribution in [1.29, 1.82) is 0 Å². The molecular weight excluding hydrogens is 273 g/mol.